The Kier molecular flexibility index (Phi) is 11.7. The van der Waals surface area contributed by atoms with Crippen LogP contribution in [0.15, 0.2) is 56.0 Å². The first-order valence-corrected chi connectivity index (χ1v) is 15.4. The first-order valence-electron chi connectivity index (χ1n) is 8.99. The van der Waals surface area contributed by atoms with Crippen LogP contribution in [0.25, 0.3) is 0 Å². The molecule has 0 fully saturated rings. The van der Waals surface area contributed by atoms with Crippen LogP contribution >= 0.6 is 55.0 Å². The maximum atomic E-state index is 12.7. The monoisotopic (exact) mass is 690 g/mol. The second-order valence-electron chi connectivity index (χ2n) is 6.15. The van der Waals surface area contributed by atoms with Crippen molar-refractivity contribution in [2.75, 3.05) is 13.6 Å². The molecule has 0 N–H and O–H groups in total. The fourth-order valence-corrected chi connectivity index (χ4v) is 7.78. The summed E-state index contributed by atoms with van der Waals surface area (Å²) in [5.41, 5.74) is -9.75. The van der Waals surface area contributed by atoms with E-state index < -0.39 is 106 Å². The maximum absolute atomic E-state index is 12.7. The molecular weight excluding hydrogens is 680 g/mol. The van der Waals surface area contributed by atoms with Crippen molar-refractivity contribution in [1.82, 2.24) is 0 Å². The lowest BCUT2D eigenvalue weighted by Crippen LogP contribution is -2.12. The number of alkyl halides is 6. The molecule has 0 aliphatic carbocycles. The van der Waals surface area contributed by atoms with Gasteiger partial charge in [-0.2, -0.15) is 43.2 Å². The Morgan fingerprint density at radius 1 is 0.711 bits per heavy atom. The van der Waals surface area contributed by atoms with Gasteiger partial charge in [0.05, 0.1) is 10.0 Å². The van der Waals surface area contributed by atoms with Gasteiger partial charge in [0.2, 0.25) is 0 Å². The van der Waals surface area contributed by atoms with Crippen LogP contribution in [0.5, 0.6) is 0 Å². The van der Waals surface area contributed by atoms with Crippen LogP contribution in [0.2, 0.25) is 10.0 Å². The van der Waals surface area contributed by atoms with Gasteiger partial charge in [0.15, 0.2) is 13.6 Å². The lowest BCUT2D eigenvalue weighted by molar-refractivity contribution is -0.0338. The zero-order valence-electron chi connectivity index (χ0n) is 17.7. The standard InChI is InChI=1S/C16H11Cl2F6O9PS4/c17-9-3-1-5-11(35-15(19,20)21)13(9)37(26,27)32-7-30-34(25)31-8-33-38(28,29)14-10(18)4-2-6-12(14)36-16(22,23)24/h1-6,34H,7-8H2. The van der Waals surface area contributed by atoms with Gasteiger partial charge in [-0.15, -0.1) is 0 Å². The molecule has 0 saturated carbocycles. The van der Waals surface area contributed by atoms with Crippen molar-refractivity contribution >= 4 is 75.2 Å². The summed E-state index contributed by atoms with van der Waals surface area (Å²) in [5, 5.41) is -1.24. The molecule has 0 atom stereocenters. The van der Waals surface area contributed by atoms with Crippen LogP contribution in [-0.4, -0.2) is 41.4 Å². The summed E-state index contributed by atoms with van der Waals surface area (Å²) in [6, 6.07) is 5.67. The molecule has 0 amide bonds. The maximum Gasteiger partial charge on any atom is 0.446 e. The fourth-order valence-electron chi connectivity index (χ4n) is 2.30. The summed E-state index contributed by atoms with van der Waals surface area (Å²) in [6.07, 6.45) is 0. The molecule has 0 aromatic heterocycles. The average Bonchev–Trinajstić information content (AvgIpc) is 2.70. The first kappa shape index (κ1) is 33.5. The zero-order valence-corrected chi connectivity index (χ0v) is 23.5. The number of thioether (sulfide) groups is 2. The van der Waals surface area contributed by atoms with Gasteiger partial charge in [-0.25, -0.2) is 8.37 Å². The SMILES string of the molecule is O=[PH](OCOS(=O)(=O)c1c(Cl)cccc1SC(F)(F)F)OCOS(=O)(=O)c1c(Cl)cccc1SC(F)(F)F. The highest BCUT2D eigenvalue weighted by Crippen LogP contribution is 2.44. The number of halogens is 8. The quantitative estimate of drug-likeness (QED) is 0.0781. The van der Waals surface area contributed by atoms with Crippen molar-refractivity contribution in [1.29, 1.82) is 0 Å². The summed E-state index contributed by atoms with van der Waals surface area (Å²) in [5.74, 6) is 0. The Morgan fingerprint density at radius 2 is 1.05 bits per heavy atom. The van der Waals surface area contributed by atoms with E-state index in [1.807, 2.05) is 0 Å². The topological polar surface area (TPSA) is 122 Å². The molecule has 22 heteroatoms. The van der Waals surface area contributed by atoms with Crippen LogP contribution in [0.1, 0.15) is 0 Å². The predicted octanol–water partition coefficient (Wildman–Crippen LogP) is 6.67. The number of benzene rings is 2. The third-order valence-corrected chi connectivity index (χ3v) is 9.67. The highest BCUT2D eigenvalue weighted by molar-refractivity contribution is 8.01. The van der Waals surface area contributed by atoms with Gasteiger partial charge in [0.25, 0.3) is 0 Å². The van der Waals surface area contributed by atoms with E-state index in [9.17, 15) is 47.7 Å². The molecule has 2 aromatic rings. The second-order valence-corrected chi connectivity index (χ2v) is 13.4. The van der Waals surface area contributed by atoms with Crippen molar-refractivity contribution in [2.24, 2.45) is 0 Å². The average molecular weight is 691 g/mol. The van der Waals surface area contributed by atoms with Crippen molar-refractivity contribution in [3.63, 3.8) is 0 Å². The molecule has 0 heterocycles. The molecule has 9 nitrogen and oxygen atoms in total. The summed E-state index contributed by atoms with van der Waals surface area (Å²) in [7, 11) is -13.7. The van der Waals surface area contributed by atoms with Gasteiger partial charge >= 0.3 is 39.5 Å². The van der Waals surface area contributed by atoms with E-state index in [-0.39, 0.29) is 0 Å². The van der Waals surface area contributed by atoms with Crippen molar-refractivity contribution in [3.8, 4) is 0 Å². The molecule has 0 spiro atoms. The molecule has 214 valence electrons. The highest BCUT2D eigenvalue weighted by Gasteiger charge is 2.35. The minimum absolute atomic E-state index is 0.621. The van der Waals surface area contributed by atoms with Gasteiger partial charge in [-0.3, -0.25) is 13.6 Å². The molecule has 0 saturated heterocycles. The van der Waals surface area contributed by atoms with Crippen LogP contribution in [0, 0.1) is 0 Å². The van der Waals surface area contributed by atoms with Crippen molar-refractivity contribution in [3.05, 3.63) is 46.4 Å². The Morgan fingerprint density at radius 3 is 1.37 bits per heavy atom. The lowest BCUT2D eigenvalue weighted by Gasteiger charge is -2.14. The van der Waals surface area contributed by atoms with Crippen molar-refractivity contribution in [2.45, 2.75) is 30.6 Å². The van der Waals surface area contributed by atoms with Gasteiger partial charge < -0.3 is 0 Å². The molecule has 38 heavy (non-hydrogen) atoms. The first-order chi connectivity index (χ1) is 17.3. The highest BCUT2D eigenvalue weighted by atomic mass is 35.5. The Labute approximate surface area is 230 Å². The largest absolute Gasteiger partial charge is 0.446 e. The Balaban J connectivity index is 1.99. The van der Waals surface area contributed by atoms with Gasteiger partial charge in [0.1, 0.15) is 9.79 Å². The van der Waals surface area contributed by atoms with E-state index in [0.717, 1.165) is 36.4 Å². The summed E-state index contributed by atoms with van der Waals surface area (Å²) < 4.78 is 155. The zero-order chi connectivity index (χ0) is 28.9. The molecule has 0 unspecified atom stereocenters. The number of rotatable bonds is 12. The molecule has 0 aliphatic heterocycles. The molecule has 0 aliphatic rings. The van der Waals surface area contributed by atoms with Crippen LogP contribution in [0.3, 0.4) is 0 Å². The van der Waals surface area contributed by atoms with Gasteiger partial charge in [-0.05, 0) is 47.8 Å². The summed E-state index contributed by atoms with van der Waals surface area (Å²) in [6.45, 7) is -2.74. The minimum atomic E-state index is -4.99. The van der Waals surface area contributed by atoms with Gasteiger partial charge in [0, 0.05) is 9.79 Å². The fraction of sp³-hybridized carbons (Fsp3) is 0.250. The van der Waals surface area contributed by atoms with Crippen LogP contribution in [-0.2, 0) is 42.2 Å². The molecule has 0 bridgehead atoms. The third kappa shape index (κ3) is 10.3. The number of hydrogen-bond acceptors (Lipinski definition) is 11. The van der Waals surface area contributed by atoms with E-state index >= 15 is 0 Å². The van der Waals surface area contributed by atoms with E-state index in [4.69, 9.17) is 23.2 Å². The number of hydrogen-bond donors (Lipinski definition) is 0. The molecule has 2 aromatic carbocycles. The minimum Gasteiger partial charge on any atom is -0.282 e. The Hall–Kier alpha value is -0.730. The van der Waals surface area contributed by atoms with E-state index in [1.165, 1.54) is 0 Å². The van der Waals surface area contributed by atoms with Crippen molar-refractivity contribution < 1.29 is 65.2 Å². The molecule has 0 radical (unpaired) electrons. The van der Waals surface area contributed by atoms with E-state index in [2.05, 4.69) is 17.4 Å². The van der Waals surface area contributed by atoms with Crippen LogP contribution < -0.4 is 0 Å². The second kappa shape index (κ2) is 13.3. The van der Waals surface area contributed by atoms with Crippen LogP contribution in [0.4, 0.5) is 26.3 Å². The Bertz CT molecular complexity index is 1290. The summed E-state index contributed by atoms with van der Waals surface area (Å²) in [4.78, 5) is -3.74. The third-order valence-electron chi connectivity index (χ3n) is 3.57. The molecule has 2 rings (SSSR count). The predicted molar refractivity (Wildman–Crippen MR) is 124 cm³/mol. The van der Waals surface area contributed by atoms with Gasteiger partial charge in [-0.1, -0.05) is 35.3 Å². The smallest absolute Gasteiger partial charge is 0.282 e. The van der Waals surface area contributed by atoms with E-state index in [1.54, 1.807) is 0 Å². The lowest BCUT2D eigenvalue weighted by atomic mass is 10.4. The summed E-state index contributed by atoms with van der Waals surface area (Å²) >= 11 is 9.82. The normalized spacial score (nSPS) is 13.3. The molecular formula is C16H11Cl2F6O9PS4. The van der Waals surface area contributed by atoms with E-state index in [0.29, 0.717) is 0 Å².